The summed E-state index contributed by atoms with van der Waals surface area (Å²) in [7, 11) is -0.236. The van der Waals surface area contributed by atoms with Crippen molar-refractivity contribution < 1.29 is 22.7 Å². The van der Waals surface area contributed by atoms with E-state index < -0.39 is 15.8 Å². The Morgan fingerprint density at radius 3 is 2.35 bits per heavy atom. The van der Waals surface area contributed by atoms with Crippen molar-refractivity contribution in [2.45, 2.75) is 36.1 Å². The van der Waals surface area contributed by atoms with Gasteiger partial charge in [-0.2, -0.15) is 5.10 Å². The van der Waals surface area contributed by atoms with Gasteiger partial charge in [-0.05, 0) is 48.2 Å². The van der Waals surface area contributed by atoms with Gasteiger partial charge in [0.25, 0.3) is 5.91 Å². The lowest BCUT2D eigenvalue weighted by Gasteiger charge is -2.33. The smallest absolute Gasteiger partial charge is 0.279 e. The number of anilines is 1. The van der Waals surface area contributed by atoms with Crippen LogP contribution in [0.2, 0.25) is 0 Å². The highest BCUT2D eigenvalue weighted by molar-refractivity contribution is 7.90. The number of fused-ring (bicyclic) bond motifs is 1. The molecule has 2 heterocycles. The van der Waals surface area contributed by atoms with Crippen molar-refractivity contribution in [3.63, 3.8) is 0 Å². The summed E-state index contributed by atoms with van der Waals surface area (Å²) < 4.78 is 30.3. The maximum atomic E-state index is 13.5. The lowest BCUT2D eigenvalue weighted by atomic mass is 9.87. The number of carbonyl (C=O) groups excluding carboxylic acids is 2. The van der Waals surface area contributed by atoms with E-state index >= 15 is 0 Å². The second-order valence-corrected chi connectivity index (χ2v) is 12.0. The Hall–Kier alpha value is -3.66. The van der Waals surface area contributed by atoms with Crippen LogP contribution in [0.4, 0.5) is 5.69 Å². The van der Waals surface area contributed by atoms with Gasteiger partial charge >= 0.3 is 0 Å². The van der Waals surface area contributed by atoms with Crippen molar-refractivity contribution in [1.29, 1.82) is 0 Å². The first-order valence-corrected chi connectivity index (χ1v) is 14.0. The Labute approximate surface area is 216 Å². The summed E-state index contributed by atoms with van der Waals surface area (Å²) in [5.41, 5.74) is 3.16. The number of aromatic amines is 1. The molecule has 1 unspecified atom stereocenters. The molecule has 0 bridgehead atoms. The topological polar surface area (TPSA) is 113 Å². The quantitative estimate of drug-likeness (QED) is 0.510. The molecule has 5 rings (SSSR count). The molecule has 1 atom stereocenters. The number of carbonyl (C=O) groups is 2. The lowest BCUT2D eigenvalue weighted by Crippen LogP contribution is -2.40. The molecule has 9 nitrogen and oxygen atoms in total. The number of rotatable bonds is 7. The zero-order valence-corrected chi connectivity index (χ0v) is 22.1. The monoisotopic (exact) mass is 522 g/mol. The van der Waals surface area contributed by atoms with Crippen LogP contribution >= 0.6 is 0 Å². The second kappa shape index (κ2) is 9.02. The van der Waals surface area contributed by atoms with Crippen LogP contribution in [0.25, 0.3) is 0 Å². The van der Waals surface area contributed by atoms with E-state index in [2.05, 4.69) is 10.2 Å². The Morgan fingerprint density at radius 2 is 1.81 bits per heavy atom. The van der Waals surface area contributed by atoms with E-state index in [0.29, 0.717) is 23.5 Å². The number of benzene rings is 2. The zero-order valence-electron chi connectivity index (χ0n) is 21.3. The first-order valence-electron chi connectivity index (χ1n) is 12.1. The number of nitrogens with zero attached hydrogens (tertiary/aromatic N) is 3. The normalized spacial score (nSPS) is 18.3. The number of likely N-dealkylation sites (N-methyl/N-ethyl adjacent to an activating group) is 1. The van der Waals surface area contributed by atoms with Crippen LogP contribution in [0.15, 0.2) is 53.6 Å². The lowest BCUT2D eigenvalue weighted by molar-refractivity contribution is -0.127. The molecular formula is C27H30N4O5S. The Balaban J connectivity index is 1.51. The minimum absolute atomic E-state index is 0.0306. The Morgan fingerprint density at radius 1 is 1.16 bits per heavy atom. The van der Waals surface area contributed by atoms with Crippen LogP contribution in [0.5, 0.6) is 5.75 Å². The average Bonchev–Trinajstić information content (AvgIpc) is 3.50. The van der Waals surface area contributed by atoms with E-state index in [1.807, 2.05) is 55.6 Å². The summed E-state index contributed by atoms with van der Waals surface area (Å²) in [6.07, 6.45) is 3.13. The standard InChI is InChI=1S/C27H30N4O5S/c1-17(32)30(2)16-27(13-14-27)19-7-9-20(10-8-19)31-15-22(18-5-11-21(36-3)12-6-18)23-24(26(31)33)28-29-25(23)37(4,34)35/h5-12,22H,13-16H2,1-4H3,(H,28,29). The van der Waals surface area contributed by atoms with Crippen molar-refractivity contribution in [3.8, 4) is 5.75 Å². The molecule has 2 aliphatic rings. The Kier molecular flexibility index (Phi) is 6.10. The SMILES string of the molecule is COc1ccc(C2CN(c3ccc(C4(CN(C)C(C)=O)CC4)cc3)C(=O)c3n[nH]c(S(C)(=O)=O)c32)cc1. The largest absolute Gasteiger partial charge is 0.497 e. The minimum Gasteiger partial charge on any atom is -0.497 e. The number of amides is 2. The molecule has 37 heavy (non-hydrogen) atoms. The van der Waals surface area contributed by atoms with Crippen LogP contribution < -0.4 is 9.64 Å². The first kappa shape index (κ1) is 25.0. The number of sulfone groups is 1. The molecule has 194 valence electrons. The van der Waals surface area contributed by atoms with Gasteiger partial charge in [-0.3, -0.25) is 14.7 Å². The molecule has 1 fully saturated rings. The molecule has 2 aromatic carbocycles. The van der Waals surface area contributed by atoms with Gasteiger partial charge < -0.3 is 14.5 Å². The summed E-state index contributed by atoms with van der Waals surface area (Å²) in [5, 5.41) is 6.72. The molecule has 0 spiro atoms. The molecule has 0 radical (unpaired) electrons. The summed E-state index contributed by atoms with van der Waals surface area (Å²) >= 11 is 0. The number of H-pyrrole nitrogens is 1. The van der Waals surface area contributed by atoms with E-state index in [4.69, 9.17) is 4.74 Å². The highest BCUT2D eigenvalue weighted by Crippen LogP contribution is 2.49. The highest BCUT2D eigenvalue weighted by Gasteiger charge is 2.45. The molecule has 3 aromatic rings. The number of hydrogen-bond donors (Lipinski definition) is 1. The van der Waals surface area contributed by atoms with Gasteiger partial charge in [-0.25, -0.2) is 8.42 Å². The fourth-order valence-electron chi connectivity index (χ4n) is 5.17. The molecule has 1 saturated carbocycles. The van der Waals surface area contributed by atoms with Crippen LogP contribution in [-0.4, -0.2) is 68.8 Å². The van der Waals surface area contributed by atoms with Gasteiger partial charge in [0.2, 0.25) is 5.91 Å². The predicted molar refractivity (Wildman–Crippen MR) is 139 cm³/mol. The van der Waals surface area contributed by atoms with Crippen LogP contribution in [0, 0.1) is 0 Å². The third-order valence-corrected chi connectivity index (χ3v) is 8.59. The van der Waals surface area contributed by atoms with Gasteiger partial charge in [-0.15, -0.1) is 0 Å². The molecule has 2 amide bonds. The molecule has 0 saturated heterocycles. The van der Waals surface area contributed by atoms with Gasteiger partial charge in [0.15, 0.2) is 20.6 Å². The third-order valence-electron chi connectivity index (χ3n) is 7.54. The first-order chi connectivity index (χ1) is 17.5. The summed E-state index contributed by atoms with van der Waals surface area (Å²) in [6, 6.07) is 15.3. The van der Waals surface area contributed by atoms with Crippen molar-refractivity contribution in [3.05, 3.63) is 70.9 Å². The molecule has 10 heteroatoms. The maximum absolute atomic E-state index is 13.5. The molecule has 1 aromatic heterocycles. The third kappa shape index (κ3) is 4.50. The molecular weight excluding hydrogens is 492 g/mol. The molecule has 1 aliphatic heterocycles. The van der Waals surface area contributed by atoms with E-state index in [1.54, 1.807) is 23.8 Å². The minimum atomic E-state index is -3.63. The Bertz CT molecular complexity index is 1460. The van der Waals surface area contributed by atoms with Crippen molar-refractivity contribution in [2.75, 3.05) is 38.4 Å². The summed E-state index contributed by atoms with van der Waals surface area (Å²) in [5.74, 6) is -0.0326. The number of nitrogens with one attached hydrogen (secondary N) is 1. The number of hydrogen-bond acceptors (Lipinski definition) is 6. The highest BCUT2D eigenvalue weighted by atomic mass is 32.2. The van der Waals surface area contributed by atoms with Crippen molar-refractivity contribution >= 4 is 27.3 Å². The second-order valence-electron chi connectivity index (χ2n) is 10.0. The van der Waals surface area contributed by atoms with Crippen LogP contribution in [-0.2, 0) is 20.0 Å². The summed E-state index contributed by atoms with van der Waals surface area (Å²) in [4.78, 5) is 28.7. The average molecular weight is 523 g/mol. The predicted octanol–water partition coefficient (Wildman–Crippen LogP) is 3.12. The van der Waals surface area contributed by atoms with Crippen molar-refractivity contribution in [1.82, 2.24) is 15.1 Å². The van der Waals surface area contributed by atoms with Gasteiger partial charge in [-0.1, -0.05) is 24.3 Å². The molecule has 1 N–H and O–H groups in total. The number of ether oxygens (including phenoxy) is 1. The van der Waals surface area contributed by atoms with E-state index in [-0.39, 0.29) is 34.5 Å². The van der Waals surface area contributed by atoms with E-state index in [9.17, 15) is 18.0 Å². The van der Waals surface area contributed by atoms with Gasteiger partial charge in [0.1, 0.15) is 5.75 Å². The fraction of sp³-hybridized carbons (Fsp3) is 0.370. The van der Waals surface area contributed by atoms with Crippen molar-refractivity contribution in [2.24, 2.45) is 0 Å². The van der Waals surface area contributed by atoms with Gasteiger partial charge in [0.05, 0.1) is 7.11 Å². The van der Waals surface area contributed by atoms with E-state index in [0.717, 1.165) is 30.2 Å². The van der Waals surface area contributed by atoms with Crippen LogP contribution in [0.1, 0.15) is 52.9 Å². The number of methoxy groups -OCH3 is 1. The van der Waals surface area contributed by atoms with Gasteiger partial charge in [0, 0.05) is 55.9 Å². The molecule has 1 aliphatic carbocycles. The maximum Gasteiger partial charge on any atom is 0.279 e. The van der Waals surface area contributed by atoms with E-state index in [1.165, 1.54) is 0 Å². The fourth-order valence-corrected chi connectivity index (χ4v) is 6.02. The van der Waals surface area contributed by atoms with Crippen LogP contribution in [0.3, 0.4) is 0 Å². The number of aromatic nitrogens is 2. The summed E-state index contributed by atoms with van der Waals surface area (Å²) in [6.45, 7) is 2.49. The zero-order chi connectivity index (χ0) is 26.5.